The molecule has 0 fully saturated rings. The van der Waals surface area contributed by atoms with Crippen molar-refractivity contribution in [2.24, 2.45) is 0 Å². The standard InChI is InChI=1S/C16H14N4O2S/c17-20-14(12-6-2-1-3-7-12)18-19-16(20)23-10-11-5-4-8-13(9-11)15(21)22/h1-9H,10,17H2,(H,21,22). The number of nitrogen functional groups attached to an aromatic ring is 1. The summed E-state index contributed by atoms with van der Waals surface area (Å²) in [6, 6.07) is 16.4. The molecule has 1 aromatic heterocycles. The Kier molecular flexibility index (Phi) is 4.29. The van der Waals surface area contributed by atoms with Crippen LogP contribution < -0.4 is 5.84 Å². The van der Waals surface area contributed by atoms with E-state index < -0.39 is 5.97 Å². The van der Waals surface area contributed by atoms with Gasteiger partial charge in [-0.25, -0.2) is 9.47 Å². The monoisotopic (exact) mass is 326 g/mol. The largest absolute Gasteiger partial charge is 0.478 e. The van der Waals surface area contributed by atoms with Crippen LogP contribution in [-0.4, -0.2) is 25.9 Å². The molecule has 1 heterocycles. The summed E-state index contributed by atoms with van der Waals surface area (Å²) >= 11 is 1.41. The normalized spacial score (nSPS) is 10.6. The highest BCUT2D eigenvalue weighted by Gasteiger charge is 2.12. The average Bonchev–Trinajstić information content (AvgIpc) is 2.95. The summed E-state index contributed by atoms with van der Waals surface area (Å²) in [5, 5.41) is 17.8. The van der Waals surface area contributed by atoms with Crippen molar-refractivity contribution in [1.82, 2.24) is 14.9 Å². The van der Waals surface area contributed by atoms with E-state index in [2.05, 4.69) is 10.2 Å². The Morgan fingerprint density at radius 3 is 2.65 bits per heavy atom. The number of nitrogens with two attached hydrogens (primary N) is 1. The van der Waals surface area contributed by atoms with Gasteiger partial charge in [-0.15, -0.1) is 10.2 Å². The minimum Gasteiger partial charge on any atom is -0.478 e. The van der Waals surface area contributed by atoms with Gasteiger partial charge in [0, 0.05) is 11.3 Å². The highest BCUT2D eigenvalue weighted by atomic mass is 32.2. The number of carboxylic acids is 1. The van der Waals surface area contributed by atoms with Crippen molar-refractivity contribution in [1.29, 1.82) is 0 Å². The van der Waals surface area contributed by atoms with Crippen LogP contribution in [0.1, 0.15) is 15.9 Å². The summed E-state index contributed by atoms with van der Waals surface area (Å²) in [7, 11) is 0. The van der Waals surface area contributed by atoms with Crippen LogP contribution in [0.2, 0.25) is 0 Å². The van der Waals surface area contributed by atoms with Gasteiger partial charge in [-0.05, 0) is 17.7 Å². The molecule has 0 atom stereocenters. The summed E-state index contributed by atoms with van der Waals surface area (Å²) < 4.78 is 1.45. The minimum atomic E-state index is -0.940. The van der Waals surface area contributed by atoms with Gasteiger partial charge in [0.1, 0.15) is 0 Å². The average molecular weight is 326 g/mol. The molecule has 0 aliphatic rings. The molecule has 0 radical (unpaired) electrons. The lowest BCUT2D eigenvalue weighted by molar-refractivity contribution is 0.0697. The van der Waals surface area contributed by atoms with Gasteiger partial charge in [0.25, 0.3) is 0 Å². The Hall–Kier alpha value is -2.80. The molecule has 0 aliphatic carbocycles. The van der Waals surface area contributed by atoms with E-state index in [1.165, 1.54) is 16.4 Å². The van der Waals surface area contributed by atoms with Crippen molar-refractivity contribution in [3.63, 3.8) is 0 Å². The second kappa shape index (κ2) is 6.53. The molecule has 116 valence electrons. The molecule has 0 spiro atoms. The van der Waals surface area contributed by atoms with Gasteiger partial charge in [0.05, 0.1) is 5.56 Å². The van der Waals surface area contributed by atoms with E-state index in [4.69, 9.17) is 10.9 Å². The molecule has 6 nitrogen and oxygen atoms in total. The summed E-state index contributed by atoms with van der Waals surface area (Å²) in [5.41, 5.74) is 2.05. The summed E-state index contributed by atoms with van der Waals surface area (Å²) in [4.78, 5) is 11.0. The molecule has 3 N–H and O–H groups in total. The van der Waals surface area contributed by atoms with Crippen molar-refractivity contribution >= 4 is 17.7 Å². The number of aromatic nitrogens is 3. The first-order chi connectivity index (χ1) is 11.1. The van der Waals surface area contributed by atoms with Crippen molar-refractivity contribution in [2.75, 3.05) is 5.84 Å². The predicted molar refractivity (Wildman–Crippen MR) is 88.6 cm³/mol. The third kappa shape index (κ3) is 3.35. The van der Waals surface area contributed by atoms with Gasteiger partial charge in [0.15, 0.2) is 5.82 Å². The number of hydrogen-bond donors (Lipinski definition) is 2. The predicted octanol–water partition coefficient (Wildman–Crippen LogP) is 2.65. The fourth-order valence-electron chi connectivity index (χ4n) is 2.10. The Bertz CT molecular complexity index is 833. The highest BCUT2D eigenvalue weighted by Crippen LogP contribution is 2.24. The zero-order valence-corrected chi connectivity index (χ0v) is 12.9. The van der Waals surface area contributed by atoms with Gasteiger partial charge >= 0.3 is 5.97 Å². The molecular weight excluding hydrogens is 312 g/mol. The van der Waals surface area contributed by atoms with Crippen LogP contribution in [0.3, 0.4) is 0 Å². The van der Waals surface area contributed by atoms with Crippen LogP contribution >= 0.6 is 11.8 Å². The Labute approximate surface area is 136 Å². The van der Waals surface area contributed by atoms with E-state index in [-0.39, 0.29) is 5.56 Å². The van der Waals surface area contributed by atoms with E-state index in [1.807, 2.05) is 36.4 Å². The molecule has 0 saturated heterocycles. The number of nitrogens with zero attached hydrogens (tertiary/aromatic N) is 3. The Morgan fingerprint density at radius 1 is 1.13 bits per heavy atom. The molecule has 23 heavy (non-hydrogen) atoms. The van der Waals surface area contributed by atoms with Crippen molar-refractivity contribution in [3.05, 3.63) is 65.7 Å². The molecule has 3 rings (SSSR count). The number of aromatic carboxylic acids is 1. The fraction of sp³-hybridized carbons (Fsp3) is 0.0625. The minimum absolute atomic E-state index is 0.266. The molecule has 3 aromatic rings. The van der Waals surface area contributed by atoms with E-state index in [0.717, 1.165) is 11.1 Å². The first kappa shape index (κ1) is 15.1. The maximum Gasteiger partial charge on any atom is 0.335 e. The SMILES string of the molecule is Nn1c(SCc2cccc(C(=O)O)c2)nnc1-c1ccccc1. The quantitative estimate of drug-likeness (QED) is 0.553. The highest BCUT2D eigenvalue weighted by molar-refractivity contribution is 7.98. The number of thioether (sulfide) groups is 1. The van der Waals surface area contributed by atoms with Crippen molar-refractivity contribution in [3.8, 4) is 11.4 Å². The first-order valence-corrected chi connectivity index (χ1v) is 7.84. The number of carbonyl (C=O) groups is 1. The third-order valence-corrected chi connectivity index (χ3v) is 4.25. The Morgan fingerprint density at radius 2 is 1.91 bits per heavy atom. The summed E-state index contributed by atoms with van der Waals surface area (Å²) in [6.45, 7) is 0. The number of carboxylic acid groups (broad SMARTS) is 1. The van der Waals surface area contributed by atoms with Crippen LogP contribution in [0.15, 0.2) is 59.8 Å². The molecule has 7 heteroatoms. The third-order valence-electron chi connectivity index (χ3n) is 3.24. The van der Waals surface area contributed by atoms with Crippen LogP contribution in [0.4, 0.5) is 0 Å². The summed E-state index contributed by atoms with van der Waals surface area (Å²) in [5.74, 6) is 6.27. The Balaban J connectivity index is 1.76. The number of benzene rings is 2. The second-order valence-electron chi connectivity index (χ2n) is 4.84. The van der Waals surface area contributed by atoms with Gasteiger partial charge in [0.2, 0.25) is 5.16 Å². The molecule has 0 aliphatic heterocycles. The maximum atomic E-state index is 11.0. The molecule has 2 aromatic carbocycles. The van der Waals surface area contributed by atoms with Crippen molar-refractivity contribution in [2.45, 2.75) is 10.9 Å². The van der Waals surface area contributed by atoms with E-state index >= 15 is 0 Å². The van der Waals surface area contributed by atoms with Crippen LogP contribution in [0.25, 0.3) is 11.4 Å². The first-order valence-electron chi connectivity index (χ1n) is 6.86. The van der Waals surface area contributed by atoms with Gasteiger partial charge in [-0.2, -0.15) is 0 Å². The van der Waals surface area contributed by atoms with Gasteiger partial charge in [-0.3, -0.25) is 0 Å². The van der Waals surface area contributed by atoms with E-state index in [9.17, 15) is 4.79 Å². The molecular formula is C16H14N4O2S. The second-order valence-corrected chi connectivity index (χ2v) is 5.78. The fourth-order valence-corrected chi connectivity index (χ4v) is 2.90. The molecule has 0 amide bonds. The lowest BCUT2D eigenvalue weighted by atomic mass is 10.1. The van der Waals surface area contributed by atoms with Crippen LogP contribution in [0, 0.1) is 0 Å². The molecule has 0 bridgehead atoms. The lowest BCUT2D eigenvalue weighted by Crippen LogP contribution is -2.11. The van der Waals surface area contributed by atoms with Crippen LogP contribution in [0.5, 0.6) is 0 Å². The molecule has 0 saturated carbocycles. The maximum absolute atomic E-state index is 11.0. The smallest absolute Gasteiger partial charge is 0.335 e. The van der Waals surface area contributed by atoms with Crippen molar-refractivity contribution < 1.29 is 9.90 Å². The van der Waals surface area contributed by atoms with E-state index in [0.29, 0.717) is 16.7 Å². The topological polar surface area (TPSA) is 94.0 Å². The van der Waals surface area contributed by atoms with Gasteiger partial charge in [-0.1, -0.05) is 54.2 Å². The number of hydrogen-bond acceptors (Lipinski definition) is 5. The van der Waals surface area contributed by atoms with Crippen LogP contribution in [-0.2, 0) is 5.75 Å². The summed E-state index contributed by atoms with van der Waals surface area (Å²) in [6.07, 6.45) is 0. The number of rotatable bonds is 5. The lowest BCUT2D eigenvalue weighted by Gasteiger charge is -2.04. The van der Waals surface area contributed by atoms with E-state index in [1.54, 1.807) is 18.2 Å². The zero-order valence-electron chi connectivity index (χ0n) is 12.1. The zero-order chi connectivity index (χ0) is 16.2. The van der Waals surface area contributed by atoms with Gasteiger partial charge < -0.3 is 10.9 Å². The molecule has 0 unspecified atom stereocenters.